The van der Waals surface area contributed by atoms with Crippen LogP contribution in [-0.4, -0.2) is 34.2 Å². The Morgan fingerprint density at radius 3 is 3.21 bits per heavy atom. The molecule has 1 amide bonds. The Labute approximate surface area is 123 Å². The number of anilines is 1. The highest BCUT2D eigenvalue weighted by Gasteiger charge is 2.07. The maximum Gasteiger partial charge on any atom is 0.413 e. The molecule has 0 saturated heterocycles. The fraction of sp³-hybridized carbons (Fsp3) is 0.333. The second kappa shape index (κ2) is 6.81. The molecule has 2 N–H and O–H groups in total. The lowest BCUT2D eigenvalue weighted by atomic mass is 10.3. The van der Waals surface area contributed by atoms with E-state index in [0.29, 0.717) is 12.6 Å². The molecule has 2 aromatic rings. The number of thioether (sulfide) groups is 1. The Balaban J connectivity index is 1.91. The Kier molecular flexibility index (Phi) is 5.09. The SMILES string of the molecule is CCSCCOC(=O)Nc1nc2ccc(Br)cc2[nH]1. The summed E-state index contributed by atoms with van der Waals surface area (Å²) in [7, 11) is 0. The van der Waals surface area contributed by atoms with Gasteiger partial charge in [-0.05, 0) is 24.0 Å². The van der Waals surface area contributed by atoms with Crippen molar-refractivity contribution in [1.29, 1.82) is 0 Å². The van der Waals surface area contributed by atoms with Gasteiger partial charge in [-0.2, -0.15) is 11.8 Å². The molecule has 0 saturated carbocycles. The van der Waals surface area contributed by atoms with Crippen LogP contribution in [0.15, 0.2) is 22.7 Å². The second-order valence-corrected chi connectivity index (χ2v) is 6.01. The quantitative estimate of drug-likeness (QED) is 0.813. The lowest BCUT2D eigenvalue weighted by Gasteiger charge is -2.03. The number of benzene rings is 1. The average Bonchev–Trinajstić information content (AvgIpc) is 2.76. The summed E-state index contributed by atoms with van der Waals surface area (Å²) in [5.74, 6) is 2.21. The number of carbonyl (C=O) groups excluding carboxylic acids is 1. The first-order chi connectivity index (χ1) is 9.19. The van der Waals surface area contributed by atoms with Crippen LogP contribution in [0, 0.1) is 0 Å². The standard InChI is InChI=1S/C12H14BrN3O2S/c1-2-19-6-5-18-12(17)16-11-14-9-4-3-8(13)7-10(9)15-11/h3-4,7H,2,5-6H2,1H3,(H2,14,15,16,17). The number of nitrogens with one attached hydrogen (secondary N) is 2. The van der Waals surface area contributed by atoms with Crippen molar-refractivity contribution < 1.29 is 9.53 Å². The molecule has 0 spiro atoms. The van der Waals surface area contributed by atoms with E-state index in [9.17, 15) is 4.79 Å². The number of ether oxygens (including phenoxy) is 1. The summed E-state index contributed by atoms with van der Waals surface area (Å²) in [6, 6.07) is 5.66. The summed E-state index contributed by atoms with van der Waals surface area (Å²) in [5.41, 5.74) is 1.64. The molecule has 0 atom stereocenters. The monoisotopic (exact) mass is 343 g/mol. The minimum absolute atomic E-state index is 0.390. The minimum Gasteiger partial charge on any atom is -0.448 e. The molecule has 5 nitrogen and oxygen atoms in total. The average molecular weight is 344 g/mol. The van der Waals surface area contributed by atoms with E-state index in [-0.39, 0.29) is 0 Å². The summed E-state index contributed by atoms with van der Waals surface area (Å²) in [4.78, 5) is 18.8. The smallest absolute Gasteiger partial charge is 0.413 e. The van der Waals surface area contributed by atoms with Crippen LogP contribution in [0.25, 0.3) is 11.0 Å². The third-order valence-electron chi connectivity index (χ3n) is 2.33. The number of hydrogen-bond donors (Lipinski definition) is 2. The Bertz CT molecular complexity index is 573. The number of aromatic amines is 1. The summed E-state index contributed by atoms with van der Waals surface area (Å²) < 4.78 is 5.98. The van der Waals surface area contributed by atoms with Gasteiger partial charge in [-0.25, -0.2) is 9.78 Å². The zero-order valence-corrected chi connectivity index (χ0v) is 12.8. The lowest BCUT2D eigenvalue weighted by molar-refractivity contribution is 0.169. The van der Waals surface area contributed by atoms with E-state index < -0.39 is 6.09 Å². The highest BCUT2D eigenvalue weighted by molar-refractivity contribution is 9.10. The third kappa shape index (κ3) is 4.14. The predicted molar refractivity (Wildman–Crippen MR) is 81.8 cm³/mol. The number of H-pyrrole nitrogens is 1. The van der Waals surface area contributed by atoms with Gasteiger partial charge in [-0.3, -0.25) is 5.32 Å². The van der Waals surface area contributed by atoms with Gasteiger partial charge in [-0.15, -0.1) is 0 Å². The highest BCUT2D eigenvalue weighted by Crippen LogP contribution is 2.19. The lowest BCUT2D eigenvalue weighted by Crippen LogP contribution is -2.16. The molecule has 1 aromatic carbocycles. The van der Waals surface area contributed by atoms with Crippen molar-refractivity contribution in [1.82, 2.24) is 9.97 Å². The molecular weight excluding hydrogens is 330 g/mol. The molecule has 1 aromatic heterocycles. The Morgan fingerprint density at radius 2 is 2.42 bits per heavy atom. The van der Waals surface area contributed by atoms with Crippen LogP contribution in [0.1, 0.15) is 6.92 Å². The van der Waals surface area contributed by atoms with E-state index in [1.807, 2.05) is 18.2 Å². The molecule has 0 fully saturated rings. The van der Waals surface area contributed by atoms with E-state index in [0.717, 1.165) is 27.0 Å². The van der Waals surface area contributed by atoms with Gasteiger partial charge in [0.25, 0.3) is 0 Å². The fourth-order valence-electron chi connectivity index (χ4n) is 1.51. The molecular formula is C12H14BrN3O2S. The van der Waals surface area contributed by atoms with Crippen LogP contribution in [0.4, 0.5) is 10.7 Å². The van der Waals surface area contributed by atoms with Gasteiger partial charge in [0.05, 0.1) is 11.0 Å². The molecule has 102 valence electrons. The van der Waals surface area contributed by atoms with Crippen LogP contribution in [0.2, 0.25) is 0 Å². The number of nitrogens with zero attached hydrogens (tertiary/aromatic N) is 1. The Morgan fingerprint density at radius 1 is 1.58 bits per heavy atom. The third-order valence-corrected chi connectivity index (χ3v) is 3.69. The predicted octanol–water partition coefficient (Wildman–Crippen LogP) is 3.63. The van der Waals surface area contributed by atoms with Crippen molar-refractivity contribution in [2.24, 2.45) is 0 Å². The van der Waals surface area contributed by atoms with Gasteiger partial charge < -0.3 is 9.72 Å². The summed E-state index contributed by atoms with van der Waals surface area (Å²) in [5, 5.41) is 2.58. The summed E-state index contributed by atoms with van der Waals surface area (Å²) in [6.07, 6.45) is -0.491. The van der Waals surface area contributed by atoms with Crippen LogP contribution >= 0.6 is 27.7 Å². The van der Waals surface area contributed by atoms with Gasteiger partial charge in [0.15, 0.2) is 0 Å². The van der Waals surface area contributed by atoms with E-state index >= 15 is 0 Å². The summed E-state index contributed by atoms with van der Waals surface area (Å²) in [6.45, 7) is 2.47. The van der Waals surface area contributed by atoms with Crippen molar-refractivity contribution in [2.45, 2.75) is 6.92 Å². The van der Waals surface area contributed by atoms with Crippen LogP contribution < -0.4 is 5.32 Å². The van der Waals surface area contributed by atoms with Crippen molar-refractivity contribution >= 4 is 50.8 Å². The first-order valence-electron chi connectivity index (χ1n) is 5.86. The highest BCUT2D eigenvalue weighted by atomic mass is 79.9. The van der Waals surface area contributed by atoms with Gasteiger partial charge in [-0.1, -0.05) is 22.9 Å². The van der Waals surface area contributed by atoms with Gasteiger partial charge in [0, 0.05) is 10.2 Å². The Hall–Kier alpha value is -1.21. The topological polar surface area (TPSA) is 67.0 Å². The van der Waals surface area contributed by atoms with E-state index in [1.165, 1.54) is 0 Å². The first kappa shape index (κ1) is 14.2. The second-order valence-electron chi connectivity index (χ2n) is 3.70. The first-order valence-corrected chi connectivity index (χ1v) is 7.80. The number of carbonyl (C=O) groups is 1. The number of imidazole rings is 1. The zero-order valence-electron chi connectivity index (χ0n) is 10.4. The van der Waals surface area contributed by atoms with Crippen LogP contribution in [-0.2, 0) is 4.74 Å². The number of rotatable bonds is 5. The largest absolute Gasteiger partial charge is 0.448 e. The summed E-state index contributed by atoms with van der Waals surface area (Å²) >= 11 is 5.11. The van der Waals surface area contributed by atoms with Crippen molar-refractivity contribution in [3.05, 3.63) is 22.7 Å². The molecule has 0 unspecified atom stereocenters. The van der Waals surface area contributed by atoms with E-state index in [2.05, 4.69) is 38.1 Å². The van der Waals surface area contributed by atoms with E-state index in [4.69, 9.17) is 4.74 Å². The van der Waals surface area contributed by atoms with Gasteiger partial charge >= 0.3 is 6.09 Å². The molecule has 0 radical (unpaired) electrons. The molecule has 0 aliphatic heterocycles. The number of aromatic nitrogens is 2. The van der Waals surface area contributed by atoms with Gasteiger partial charge in [0.1, 0.15) is 6.61 Å². The normalized spacial score (nSPS) is 10.6. The minimum atomic E-state index is -0.491. The van der Waals surface area contributed by atoms with Crippen molar-refractivity contribution in [3.8, 4) is 0 Å². The van der Waals surface area contributed by atoms with Gasteiger partial charge in [0.2, 0.25) is 5.95 Å². The molecule has 7 heteroatoms. The molecule has 0 aliphatic rings. The molecule has 19 heavy (non-hydrogen) atoms. The number of amides is 1. The van der Waals surface area contributed by atoms with Crippen LogP contribution in [0.3, 0.4) is 0 Å². The number of halogens is 1. The van der Waals surface area contributed by atoms with E-state index in [1.54, 1.807) is 11.8 Å². The fourth-order valence-corrected chi connectivity index (χ4v) is 2.36. The van der Waals surface area contributed by atoms with Crippen molar-refractivity contribution in [3.63, 3.8) is 0 Å². The number of fused-ring (bicyclic) bond motifs is 1. The zero-order chi connectivity index (χ0) is 13.7. The molecule has 2 rings (SSSR count). The maximum atomic E-state index is 11.5. The van der Waals surface area contributed by atoms with Crippen molar-refractivity contribution in [2.75, 3.05) is 23.4 Å². The maximum absolute atomic E-state index is 11.5. The number of hydrogen-bond acceptors (Lipinski definition) is 4. The molecule has 1 heterocycles. The molecule has 0 aliphatic carbocycles. The molecule has 0 bridgehead atoms. The van der Waals surface area contributed by atoms with Crippen LogP contribution in [0.5, 0.6) is 0 Å².